The van der Waals surface area contributed by atoms with Crippen molar-refractivity contribution in [3.63, 3.8) is 0 Å². The van der Waals surface area contributed by atoms with Crippen LogP contribution in [0.15, 0.2) is 0 Å². The van der Waals surface area contributed by atoms with Gasteiger partial charge in [-0.1, -0.05) is 0 Å². The highest BCUT2D eigenvalue weighted by Crippen LogP contribution is 2.24. The van der Waals surface area contributed by atoms with E-state index in [1.54, 1.807) is 4.90 Å². The molecule has 2 heterocycles. The van der Waals surface area contributed by atoms with E-state index in [0.29, 0.717) is 6.54 Å². The van der Waals surface area contributed by atoms with Gasteiger partial charge in [0.25, 0.3) is 0 Å². The van der Waals surface area contributed by atoms with Crippen LogP contribution in [0.4, 0.5) is 0 Å². The number of hydrogen-bond acceptors (Lipinski definition) is 6. The molecule has 0 aliphatic carbocycles. The van der Waals surface area contributed by atoms with E-state index < -0.39 is 10.4 Å². The van der Waals surface area contributed by atoms with E-state index in [1.165, 1.54) is 0 Å². The Bertz CT molecular complexity index is 456. The van der Waals surface area contributed by atoms with Gasteiger partial charge in [-0.15, -0.1) is 0 Å². The standard InChI is InChI=1S/C9H16N3O2.CH4O4S/c1-12-4-2-10(7-13)6-9(12)11(8-14)3-5-12;1-5-6(2,3)4/h7-9H,2-6H2,1H3;1H3,(H,2,3,4)/q+1;/p-1. The average Bonchev–Trinajstić information content (AvgIpc) is 2.74. The molecule has 0 radical (unpaired) electrons. The number of likely N-dealkylation sites (N-methyl/N-ethyl adjacent to an activating group) is 1. The van der Waals surface area contributed by atoms with Crippen LogP contribution < -0.4 is 0 Å². The molecule has 2 fully saturated rings. The summed E-state index contributed by atoms with van der Waals surface area (Å²) in [5.41, 5.74) is 0. The van der Waals surface area contributed by atoms with Crippen molar-refractivity contribution in [2.24, 2.45) is 0 Å². The van der Waals surface area contributed by atoms with Gasteiger partial charge in [0.15, 0.2) is 6.17 Å². The van der Waals surface area contributed by atoms with Crippen LogP contribution in [0.25, 0.3) is 0 Å². The fraction of sp³-hybridized carbons (Fsp3) is 0.800. The quantitative estimate of drug-likeness (QED) is 0.253. The van der Waals surface area contributed by atoms with Crippen molar-refractivity contribution < 1.29 is 31.2 Å². The molecule has 0 bridgehead atoms. The van der Waals surface area contributed by atoms with Gasteiger partial charge in [-0.2, -0.15) is 0 Å². The molecule has 2 atom stereocenters. The lowest BCUT2D eigenvalue weighted by molar-refractivity contribution is -0.929. The van der Waals surface area contributed by atoms with E-state index in [2.05, 4.69) is 11.2 Å². The van der Waals surface area contributed by atoms with Crippen LogP contribution >= 0.6 is 0 Å². The number of nitrogens with zero attached hydrogens (tertiary/aromatic N) is 3. The Hall–Kier alpha value is -1.23. The number of quaternary nitrogens is 1. The van der Waals surface area contributed by atoms with Crippen molar-refractivity contribution in [2.75, 3.05) is 46.9 Å². The SMILES string of the molecule is COS(=O)(=O)[O-].C[N+]12CCN(C=O)CC1N(C=O)CC2. The van der Waals surface area contributed by atoms with Crippen LogP contribution in [0.5, 0.6) is 0 Å². The summed E-state index contributed by atoms with van der Waals surface area (Å²) in [6.07, 6.45) is 1.96. The number of carbonyl (C=O) groups excluding carboxylic acids is 2. The fourth-order valence-electron chi connectivity index (χ4n) is 2.44. The Morgan fingerprint density at radius 2 is 1.80 bits per heavy atom. The van der Waals surface area contributed by atoms with E-state index in [-0.39, 0.29) is 6.17 Å². The summed E-state index contributed by atoms with van der Waals surface area (Å²) in [7, 11) is -1.44. The summed E-state index contributed by atoms with van der Waals surface area (Å²) in [5, 5.41) is 0. The first kappa shape index (κ1) is 16.8. The number of piperazine rings is 1. The molecule has 0 aromatic heterocycles. The van der Waals surface area contributed by atoms with Crippen molar-refractivity contribution in [3.8, 4) is 0 Å². The molecule has 2 amide bonds. The molecule has 2 rings (SSSR count). The predicted molar refractivity (Wildman–Crippen MR) is 66.8 cm³/mol. The lowest BCUT2D eigenvalue weighted by atomic mass is 10.2. The van der Waals surface area contributed by atoms with Crippen LogP contribution in [0.1, 0.15) is 0 Å². The van der Waals surface area contributed by atoms with Gasteiger partial charge in [-0.3, -0.25) is 18.7 Å². The van der Waals surface area contributed by atoms with E-state index in [1.807, 2.05) is 4.90 Å². The largest absolute Gasteiger partial charge is 0.726 e. The van der Waals surface area contributed by atoms with Crippen LogP contribution in [0.3, 0.4) is 0 Å². The minimum atomic E-state index is -4.41. The molecule has 2 aliphatic heterocycles. The summed E-state index contributed by atoms with van der Waals surface area (Å²) in [5.74, 6) is 0. The number of amides is 2. The van der Waals surface area contributed by atoms with Crippen LogP contribution in [0, 0.1) is 0 Å². The first-order valence-corrected chi connectivity index (χ1v) is 7.35. The Labute approximate surface area is 118 Å². The first-order chi connectivity index (χ1) is 9.25. The topological polar surface area (TPSA) is 107 Å². The van der Waals surface area contributed by atoms with Crippen LogP contribution in [-0.4, -0.2) is 93.1 Å². The molecule has 9 nitrogen and oxygen atoms in total. The third kappa shape index (κ3) is 4.13. The Balaban J connectivity index is 0.000000286. The van der Waals surface area contributed by atoms with Gasteiger partial charge >= 0.3 is 0 Å². The van der Waals surface area contributed by atoms with Crippen LogP contribution in [0.2, 0.25) is 0 Å². The van der Waals surface area contributed by atoms with Crippen molar-refractivity contribution in [3.05, 3.63) is 0 Å². The highest BCUT2D eigenvalue weighted by Gasteiger charge is 2.46. The summed E-state index contributed by atoms with van der Waals surface area (Å²) in [4.78, 5) is 25.0. The van der Waals surface area contributed by atoms with Crippen LogP contribution in [-0.2, 0) is 24.2 Å². The van der Waals surface area contributed by atoms with Crippen molar-refractivity contribution in [1.82, 2.24) is 9.80 Å². The van der Waals surface area contributed by atoms with E-state index >= 15 is 0 Å². The second-order valence-corrected chi connectivity index (χ2v) is 6.08. The lowest BCUT2D eigenvalue weighted by Crippen LogP contribution is -2.63. The van der Waals surface area contributed by atoms with Crippen molar-refractivity contribution in [1.29, 1.82) is 0 Å². The van der Waals surface area contributed by atoms with E-state index in [4.69, 9.17) is 0 Å². The Morgan fingerprint density at radius 3 is 2.25 bits per heavy atom. The van der Waals surface area contributed by atoms with Gasteiger partial charge in [0, 0.05) is 0 Å². The average molecular weight is 309 g/mol. The maximum Gasteiger partial charge on any atom is 0.217 e. The molecular weight excluding hydrogens is 290 g/mol. The molecule has 0 aromatic carbocycles. The molecule has 0 N–H and O–H groups in total. The number of fused-ring (bicyclic) bond motifs is 1. The first-order valence-electron chi connectivity index (χ1n) is 6.02. The monoisotopic (exact) mass is 309 g/mol. The molecular formula is C10H19N3O6S. The predicted octanol–water partition coefficient (Wildman–Crippen LogP) is -2.20. The molecule has 0 spiro atoms. The smallest absolute Gasteiger partial charge is 0.217 e. The second kappa shape index (κ2) is 6.48. The summed E-state index contributed by atoms with van der Waals surface area (Å²) >= 11 is 0. The van der Waals surface area contributed by atoms with E-state index in [9.17, 15) is 22.6 Å². The Kier molecular flexibility index (Phi) is 5.45. The zero-order chi connectivity index (χ0) is 15.4. The normalized spacial score (nSPS) is 29.2. The molecule has 0 aromatic rings. The highest BCUT2D eigenvalue weighted by atomic mass is 32.3. The van der Waals surface area contributed by atoms with Gasteiger partial charge in [0.1, 0.15) is 0 Å². The zero-order valence-corrected chi connectivity index (χ0v) is 12.3. The van der Waals surface area contributed by atoms with Gasteiger partial charge in [0.05, 0.1) is 46.9 Å². The second-order valence-electron chi connectivity index (χ2n) is 4.93. The maximum atomic E-state index is 10.8. The molecule has 20 heavy (non-hydrogen) atoms. The van der Waals surface area contributed by atoms with Gasteiger partial charge in [-0.25, -0.2) is 8.42 Å². The number of rotatable bonds is 3. The molecule has 2 unspecified atom stereocenters. The third-order valence-corrected chi connectivity index (χ3v) is 4.16. The minimum Gasteiger partial charge on any atom is -0.726 e. The lowest BCUT2D eigenvalue weighted by Gasteiger charge is -2.43. The molecule has 0 saturated carbocycles. The Morgan fingerprint density at radius 1 is 1.25 bits per heavy atom. The molecule has 2 saturated heterocycles. The third-order valence-electron chi connectivity index (χ3n) is 3.76. The van der Waals surface area contributed by atoms with Crippen molar-refractivity contribution in [2.45, 2.75) is 6.17 Å². The number of hydrogen-bond donors (Lipinski definition) is 0. The van der Waals surface area contributed by atoms with Gasteiger partial charge < -0.3 is 13.9 Å². The minimum absolute atomic E-state index is 0.173. The number of carbonyl (C=O) groups is 2. The molecule has 116 valence electrons. The maximum absolute atomic E-state index is 10.8. The van der Waals surface area contributed by atoms with Gasteiger partial charge in [0.2, 0.25) is 23.2 Å². The van der Waals surface area contributed by atoms with Crippen molar-refractivity contribution >= 4 is 23.2 Å². The summed E-state index contributed by atoms with van der Waals surface area (Å²) < 4.78 is 31.9. The summed E-state index contributed by atoms with van der Waals surface area (Å²) in [6.45, 7) is 4.27. The fourth-order valence-corrected chi connectivity index (χ4v) is 2.44. The highest BCUT2D eigenvalue weighted by molar-refractivity contribution is 7.80. The van der Waals surface area contributed by atoms with E-state index in [0.717, 1.165) is 50.6 Å². The zero-order valence-electron chi connectivity index (χ0n) is 11.5. The van der Waals surface area contributed by atoms with Gasteiger partial charge in [-0.05, 0) is 0 Å². The molecule has 10 heteroatoms. The summed E-state index contributed by atoms with van der Waals surface area (Å²) in [6, 6.07) is 0. The molecule has 2 aliphatic rings.